The molecule has 0 radical (unpaired) electrons. The quantitative estimate of drug-likeness (QED) is 0.191. The number of hydrogen-bond acceptors (Lipinski definition) is 8. The van der Waals surface area contributed by atoms with Crippen molar-refractivity contribution >= 4 is 27.6 Å². The van der Waals surface area contributed by atoms with E-state index >= 15 is 0 Å². The lowest BCUT2D eigenvalue weighted by atomic mass is 10.2. The summed E-state index contributed by atoms with van der Waals surface area (Å²) in [5.74, 6) is -3.67. The van der Waals surface area contributed by atoms with Gasteiger partial charge >= 0.3 is 5.97 Å². The summed E-state index contributed by atoms with van der Waals surface area (Å²) in [7, 11) is -4.29. The van der Waals surface area contributed by atoms with Crippen LogP contribution < -0.4 is 14.8 Å². The molecule has 0 atom stereocenters. The first-order valence-corrected chi connectivity index (χ1v) is 15.8. The number of halogens is 2. The van der Waals surface area contributed by atoms with E-state index in [0.717, 1.165) is 29.9 Å². The number of rotatable bonds is 12. The van der Waals surface area contributed by atoms with Crippen LogP contribution in [0.3, 0.4) is 0 Å². The molecule has 46 heavy (non-hydrogen) atoms. The summed E-state index contributed by atoms with van der Waals surface area (Å²) in [6.07, 6.45) is 0.499. The average Bonchev–Trinajstić information content (AvgIpc) is 3.36. The predicted molar refractivity (Wildman–Crippen MR) is 163 cm³/mol. The first-order valence-electron chi connectivity index (χ1n) is 14.3. The number of carbonyl (C=O) groups excluding carboxylic acids is 1. The summed E-state index contributed by atoms with van der Waals surface area (Å²) >= 11 is 0. The highest BCUT2D eigenvalue weighted by Crippen LogP contribution is 2.35. The van der Waals surface area contributed by atoms with Crippen LogP contribution in [0, 0.1) is 18.6 Å². The largest absolute Gasteiger partial charge is 0.476 e. The fourth-order valence-corrected chi connectivity index (χ4v) is 6.04. The maximum atomic E-state index is 14.1. The van der Waals surface area contributed by atoms with Crippen molar-refractivity contribution < 1.29 is 41.4 Å². The first-order chi connectivity index (χ1) is 22.0. The molecule has 1 aromatic heterocycles. The lowest BCUT2D eigenvalue weighted by Crippen LogP contribution is -2.38. The van der Waals surface area contributed by atoms with Crippen LogP contribution in [0.25, 0.3) is 5.69 Å². The number of amides is 1. The maximum Gasteiger partial charge on any atom is 0.356 e. The third kappa shape index (κ3) is 7.74. The molecule has 1 aliphatic rings. The molecule has 1 saturated heterocycles. The highest BCUT2D eigenvalue weighted by molar-refractivity contribution is 7.89. The number of morpholine rings is 1. The SMILES string of the molecule is Cc1c(C(=O)O)nn(-c2cccc(F)c2)c1Oc1ccc(NC(=O)c2cccc(F)c2)cc1S(=O)(=O)NCCCN1CCOCC1. The number of carbonyl (C=O) groups is 2. The van der Waals surface area contributed by atoms with Crippen molar-refractivity contribution in [3.05, 3.63) is 95.2 Å². The van der Waals surface area contributed by atoms with E-state index in [1.54, 1.807) is 0 Å². The van der Waals surface area contributed by atoms with Crippen molar-refractivity contribution in [2.24, 2.45) is 0 Å². The third-order valence-corrected chi connectivity index (χ3v) is 8.64. The third-order valence-electron chi connectivity index (χ3n) is 7.16. The van der Waals surface area contributed by atoms with E-state index < -0.39 is 33.5 Å². The van der Waals surface area contributed by atoms with Crippen molar-refractivity contribution in [3.8, 4) is 17.3 Å². The summed E-state index contributed by atoms with van der Waals surface area (Å²) in [6.45, 7) is 4.85. The van der Waals surface area contributed by atoms with Gasteiger partial charge < -0.3 is 19.9 Å². The molecule has 242 valence electrons. The molecule has 3 N–H and O–H groups in total. The number of carboxylic acid groups (broad SMARTS) is 1. The second-order valence-corrected chi connectivity index (χ2v) is 12.1. The molecule has 2 heterocycles. The van der Waals surface area contributed by atoms with Crippen LogP contribution in [0.4, 0.5) is 14.5 Å². The smallest absolute Gasteiger partial charge is 0.356 e. The van der Waals surface area contributed by atoms with Gasteiger partial charge in [-0.15, -0.1) is 0 Å². The molecule has 1 amide bonds. The Morgan fingerprint density at radius 2 is 1.74 bits per heavy atom. The van der Waals surface area contributed by atoms with Crippen LogP contribution in [-0.2, 0) is 14.8 Å². The molecule has 12 nitrogen and oxygen atoms in total. The predicted octanol–water partition coefficient (Wildman–Crippen LogP) is 4.20. The van der Waals surface area contributed by atoms with Crippen LogP contribution in [-0.4, -0.2) is 79.5 Å². The van der Waals surface area contributed by atoms with Gasteiger partial charge in [0.25, 0.3) is 5.91 Å². The van der Waals surface area contributed by atoms with E-state index in [1.165, 1.54) is 61.5 Å². The van der Waals surface area contributed by atoms with Gasteiger partial charge in [-0.2, -0.15) is 9.78 Å². The topological polar surface area (TPSA) is 152 Å². The molecule has 3 aromatic carbocycles. The van der Waals surface area contributed by atoms with Gasteiger partial charge in [-0.3, -0.25) is 9.69 Å². The van der Waals surface area contributed by atoms with Gasteiger partial charge in [-0.1, -0.05) is 12.1 Å². The van der Waals surface area contributed by atoms with Crippen LogP contribution in [0.5, 0.6) is 11.6 Å². The minimum atomic E-state index is -4.29. The zero-order valence-electron chi connectivity index (χ0n) is 24.7. The summed E-state index contributed by atoms with van der Waals surface area (Å²) < 4.78 is 70.2. The van der Waals surface area contributed by atoms with Crippen molar-refractivity contribution in [3.63, 3.8) is 0 Å². The van der Waals surface area contributed by atoms with E-state index in [0.29, 0.717) is 26.2 Å². The molecule has 5 rings (SSSR count). The highest BCUT2D eigenvalue weighted by Gasteiger charge is 2.27. The second-order valence-electron chi connectivity index (χ2n) is 10.4. The number of aromatic carboxylic acids is 1. The number of sulfonamides is 1. The molecule has 0 spiro atoms. The van der Waals surface area contributed by atoms with Gasteiger partial charge in [0, 0.05) is 36.4 Å². The minimum Gasteiger partial charge on any atom is -0.476 e. The summed E-state index contributed by atoms with van der Waals surface area (Å²) in [5, 5.41) is 16.4. The molecule has 0 saturated carbocycles. The van der Waals surface area contributed by atoms with Crippen LogP contribution in [0.1, 0.15) is 32.8 Å². The number of aromatic nitrogens is 2. The Balaban J connectivity index is 1.49. The Morgan fingerprint density at radius 1 is 1.02 bits per heavy atom. The van der Waals surface area contributed by atoms with Gasteiger partial charge in [0.15, 0.2) is 5.69 Å². The van der Waals surface area contributed by atoms with Crippen molar-refractivity contribution in [2.75, 3.05) is 44.7 Å². The summed E-state index contributed by atoms with van der Waals surface area (Å²) in [6, 6.07) is 14.0. The second kappa shape index (κ2) is 14.2. The Bertz CT molecular complexity index is 1860. The lowest BCUT2D eigenvalue weighted by molar-refractivity contribution is 0.0376. The Morgan fingerprint density at radius 3 is 2.43 bits per heavy atom. The Labute approximate surface area is 263 Å². The fourth-order valence-electron chi connectivity index (χ4n) is 4.82. The van der Waals surface area contributed by atoms with Gasteiger partial charge in [0.05, 0.1) is 18.9 Å². The summed E-state index contributed by atoms with van der Waals surface area (Å²) in [5.41, 5.74) is -0.111. The van der Waals surface area contributed by atoms with Crippen molar-refractivity contribution in [1.82, 2.24) is 19.4 Å². The fraction of sp³-hybridized carbons (Fsp3) is 0.258. The number of ether oxygens (including phenoxy) is 2. The van der Waals surface area contributed by atoms with Gasteiger partial charge in [0.1, 0.15) is 22.3 Å². The monoisotopic (exact) mass is 655 g/mol. The minimum absolute atomic E-state index is 0.0155. The number of nitrogens with zero attached hydrogens (tertiary/aromatic N) is 3. The Kier molecular flexibility index (Phi) is 10.1. The zero-order chi connectivity index (χ0) is 32.8. The number of carboxylic acids is 1. The van der Waals surface area contributed by atoms with Crippen LogP contribution >= 0.6 is 0 Å². The van der Waals surface area contributed by atoms with E-state index in [9.17, 15) is 31.9 Å². The number of benzene rings is 3. The maximum absolute atomic E-state index is 14.1. The molecular formula is C31H31F2N5O7S. The van der Waals surface area contributed by atoms with Crippen molar-refractivity contribution in [2.45, 2.75) is 18.2 Å². The summed E-state index contributed by atoms with van der Waals surface area (Å²) in [4.78, 5) is 26.5. The normalized spacial score (nSPS) is 13.8. The lowest BCUT2D eigenvalue weighted by Gasteiger charge is -2.26. The highest BCUT2D eigenvalue weighted by atomic mass is 32.2. The van der Waals surface area contributed by atoms with Crippen LogP contribution in [0.2, 0.25) is 0 Å². The van der Waals surface area contributed by atoms with E-state index in [-0.39, 0.29) is 51.3 Å². The molecule has 1 aliphatic heterocycles. The standard InChI is InChI=1S/C31H31F2N5O7S/c1-20-28(31(40)41)36-38(25-8-3-7-23(33)18-25)30(20)45-26-10-9-24(35-29(39)21-5-2-6-22(32)17-21)19-27(26)46(42,43)34-11-4-12-37-13-15-44-16-14-37/h2-3,5-10,17-19,34H,4,11-16H2,1H3,(H,35,39)(H,40,41). The molecule has 0 unspecified atom stereocenters. The van der Waals surface area contributed by atoms with E-state index in [2.05, 4.69) is 20.0 Å². The average molecular weight is 656 g/mol. The van der Waals surface area contributed by atoms with Crippen LogP contribution in [0.15, 0.2) is 71.6 Å². The number of hydrogen-bond donors (Lipinski definition) is 3. The van der Waals surface area contributed by atoms with Gasteiger partial charge in [0.2, 0.25) is 15.9 Å². The van der Waals surface area contributed by atoms with E-state index in [1.807, 2.05) is 0 Å². The number of anilines is 1. The Hall–Kier alpha value is -4.70. The molecule has 4 aromatic rings. The van der Waals surface area contributed by atoms with Crippen molar-refractivity contribution in [1.29, 1.82) is 0 Å². The molecule has 15 heteroatoms. The van der Waals surface area contributed by atoms with Gasteiger partial charge in [-0.05, 0) is 74.5 Å². The molecule has 0 bridgehead atoms. The number of nitrogens with one attached hydrogen (secondary N) is 2. The molecule has 1 fully saturated rings. The molecular weight excluding hydrogens is 624 g/mol. The molecule has 0 aliphatic carbocycles. The van der Waals surface area contributed by atoms with Gasteiger partial charge in [-0.25, -0.2) is 26.7 Å². The first kappa shape index (κ1) is 32.7. The van der Waals surface area contributed by atoms with E-state index in [4.69, 9.17) is 9.47 Å². The zero-order valence-corrected chi connectivity index (χ0v) is 25.5.